The van der Waals surface area contributed by atoms with Crippen LogP contribution in [0.5, 0.6) is 5.75 Å². The molecule has 2 aromatic carbocycles. The summed E-state index contributed by atoms with van der Waals surface area (Å²) in [5.41, 5.74) is 0.477. The van der Waals surface area contributed by atoms with E-state index in [9.17, 15) is 9.90 Å². The smallest absolute Gasteiger partial charge is 0.311 e. The zero-order chi connectivity index (χ0) is 19.0. The molecule has 4 heteroatoms. The van der Waals surface area contributed by atoms with E-state index in [2.05, 4.69) is 6.92 Å². The molecule has 1 N–H and O–H groups in total. The predicted molar refractivity (Wildman–Crippen MR) is 102 cm³/mol. The maximum Gasteiger partial charge on any atom is 0.311 e. The summed E-state index contributed by atoms with van der Waals surface area (Å²) in [4.78, 5) is 12.2. The first-order valence-electron chi connectivity index (χ1n) is 9.06. The summed E-state index contributed by atoms with van der Waals surface area (Å²) in [6.45, 7) is 4.21. The van der Waals surface area contributed by atoms with Crippen molar-refractivity contribution in [3.63, 3.8) is 0 Å². The van der Waals surface area contributed by atoms with E-state index in [1.165, 1.54) is 7.11 Å². The molecule has 2 aromatic rings. The van der Waals surface area contributed by atoms with Gasteiger partial charge in [0.2, 0.25) is 0 Å². The van der Waals surface area contributed by atoms with Crippen molar-refractivity contribution >= 4 is 5.97 Å². The minimum absolute atomic E-state index is 0.382. The fraction of sp³-hybridized carbons (Fsp3) is 0.409. The van der Waals surface area contributed by atoms with Gasteiger partial charge in [0, 0.05) is 0 Å². The van der Waals surface area contributed by atoms with Gasteiger partial charge in [0.1, 0.15) is 18.0 Å². The number of unbranched alkanes of at least 4 members (excludes halogenated alkanes) is 1. The van der Waals surface area contributed by atoms with Crippen LogP contribution in [0.2, 0.25) is 0 Å². The lowest BCUT2D eigenvalue weighted by atomic mass is 9.80. The van der Waals surface area contributed by atoms with Crippen LogP contribution in [0, 0.1) is 5.92 Å². The molecule has 0 fully saturated rings. The minimum atomic E-state index is -1.29. The molecule has 26 heavy (non-hydrogen) atoms. The van der Waals surface area contributed by atoms with Crippen LogP contribution in [0.4, 0.5) is 0 Å². The van der Waals surface area contributed by atoms with Crippen LogP contribution in [-0.4, -0.2) is 18.2 Å². The number of ether oxygens (including phenoxy) is 2. The van der Waals surface area contributed by atoms with Gasteiger partial charge in [-0.25, -0.2) is 0 Å². The molecule has 0 amide bonds. The van der Waals surface area contributed by atoms with Gasteiger partial charge in [-0.3, -0.25) is 4.79 Å². The van der Waals surface area contributed by atoms with Crippen molar-refractivity contribution in [2.75, 3.05) is 7.11 Å². The third-order valence-corrected chi connectivity index (χ3v) is 4.70. The lowest BCUT2D eigenvalue weighted by Gasteiger charge is -2.31. The van der Waals surface area contributed by atoms with Crippen molar-refractivity contribution in [3.05, 3.63) is 65.7 Å². The van der Waals surface area contributed by atoms with E-state index in [1.54, 1.807) is 6.92 Å². The third kappa shape index (κ3) is 5.09. The molecule has 0 aliphatic heterocycles. The van der Waals surface area contributed by atoms with Crippen molar-refractivity contribution in [1.82, 2.24) is 0 Å². The second kappa shape index (κ2) is 9.39. The lowest BCUT2D eigenvalue weighted by molar-refractivity contribution is -0.156. The van der Waals surface area contributed by atoms with Crippen molar-refractivity contribution in [2.24, 2.45) is 5.92 Å². The van der Waals surface area contributed by atoms with Crippen LogP contribution in [0.1, 0.15) is 44.2 Å². The highest BCUT2D eigenvalue weighted by Gasteiger charge is 2.39. The first-order chi connectivity index (χ1) is 12.5. The fourth-order valence-corrected chi connectivity index (χ4v) is 3.01. The lowest BCUT2D eigenvalue weighted by Crippen LogP contribution is -2.38. The molecule has 2 atom stereocenters. The highest BCUT2D eigenvalue weighted by molar-refractivity contribution is 5.74. The Kier molecular flexibility index (Phi) is 7.22. The third-order valence-electron chi connectivity index (χ3n) is 4.70. The van der Waals surface area contributed by atoms with Gasteiger partial charge in [0.15, 0.2) is 0 Å². The number of aliphatic hydroxyl groups is 1. The van der Waals surface area contributed by atoms with E-state index in [0.29, 0.717) is 18.6 Å². The number of esters is 1. The van der Waals surface area contributed by atoms with Gasteiger partial charge in [0.05, 0.1) is 13.0 Å². The molecule has 2 rings (SSSR count). The summed E-state index contributed by atoms with van der Waals surface area (Å²) in [5, 5.41) is 11.0. The van der Waals surface area contributed by atoms with E-state index in [4.69, 9.17) is 9.47 Å². The van der Waals surface area contributed by atoms with E-state index in [-0.39, 0.29) is 5.97 Å². The highest BCUT2D eigenvalue weighted by atomic mass is 16.5. The first-order valence-corrected chi connectivity index (χ1v) is 9.06. The van der Waals surface area contributed by atoms with Gasteiger partial charge in [-0.05, 0) is 36.6 Å². The van der Waals surface area contributed by atoms with Crippen LogP contribution in [-0.2, 0) is 21.7 Å². The second-order valence-corrected chi connectivity index (χ2v) is 6.66. The average Bonchev–Trinajstić information content (AvgIpc) is 2.67. The molecule has 140 valence electrons. The number of hydrogen-bond donors (Lipinski definition) is 1. The van der Waals surface area contributed by atoms with Gasteiger partial charge in [-0.2, -0.15) is 0 Å². The first kappa shape index (κ1) is 20.0. The van der Waals surface area contributed by atoms with Gasteiger partial charge in [0.25, 0.3) is 0 Å². The minimum Gasteiger partial charge on any atom is -0.489 e. The Hall–Kier alpha value is -2.33. The van der Waals surface area contributed by atoms with Crippen molar-refractivity contribution in [2.45, 2.75) is 45.3 Å². The summed E-state index contributed by atoms with van der Waals surface area (Å²) in [7, 11) is 1.36. The average molecular weight is 356 g/mol. The number of hydrogen-bond acceptors (Lipinski definition) is 4. The maximum absolute atomic E-state index is 12.2. The Morgan fingerprint density at radius 3 is 2.35 bits per heavy atom. The Balaban J connectivity index is 2.09. The van der Waals surface area contributed by atoms with Crippen LogP contribution < -0.4 is 4.74 Å². The predicted octanol–water partition coefficient (Wildman–Crippen LogP) is 4.45. The van der Waals surface area contributed by atoms with E-state index in [1.807, 2.05) is 54.6 Å². The molecule has 0 aromatic heterocycles. The van der Waals surface area contributed by atoms with Crippen LogP contribution >= 0.6 is 0 Å². The Morgan fingerprint density at radius 2 is 1.77 bits per heavy atom. The quantitative estimate of drug-likeness (QED) is 0.674. The summed E-state index contributed by atoms with van der Waals surface area (Å²) in [6.07, 6.45) is 2.40. The Morgan fingerprint density at radius 1 is 1.12 bits per heavy atom. The molecule has 0 bridgehead atoms. The number of methoxy groups -OCH3 is 1. The van der Waals surface area contributed by atoms with Gasteiger partial charge >= 0.3 is 5.97 Å². The zero-order valence-corrected chi connectivity index (χ0v) is 15.8. The molecule has 0 spiro atoms. The van der Waals surface area contributed by atoms with Gasteiger partial charge in [-0.1, -0.05) is 62.2 Å². The molecular formula is C22H28O4. The monoisotopic (exact) mass is 356 g/mol. The van der Waals surface area contributed by atoms with E-state index < -0.39 is 11.5 Å². The summed E-state index contributed by atoms with van der Waals surface area (Å²) in [5.74, 6) is -0.257. The summed E-state index contributed by atoms with van der Waals surface area (Å²) < 4.78 is 10.7. The standard InChI is InChI=1S/C22H28O4/c1-4-5-11-20(21(23)25-3)22(2,24)18-12-14-19(15-13-18)26-16-17-9-7-6-8-10-17/h6-10,12-15,20,24H,4-5,11,16H2,1-3H3. The second-order valence-electron chi connectivity index (χ2n) is 6.66. The molecule has 4 nitrogen and oxygen atoms in total. The molecule has 2 unspecified atom stereocenters. The highest BCUT2D eigenvalue weighted by Crippen LogP contribution is 2.34. The van der Waals surface area contributed by atoms with Crippen molar-refractivity contribution < 1.29 is 19.4 Å². The largest absolute Gasteiger partial charge is 0.489 e. The molecule has 0 saturated heterocycles. The number of rotatable bonds is 9. The SMILES string of the molecule is CCCCC(C(=O)OC)C(C)(O)c1ccc(OCc2ccccc2)cc1. The van der Waals surface area contributed by atoms with E-state index in [0.717, 1.165) is 24.2 Å². The van der Waals surface area contributed by atoms with Crippen molar-refractivity contribution in [3.8, 4) is 5.75 Å². The summed E-state index contributed by atoms with van der Waals surface area (Å²) >= 11 is 0. The van der Waals surface area contributed by atoms with E-state index >= 15 is 0 Å². The topological polar surface area (TPSA) is 55.8 Å². The van der Waals surface area contributed by atoms with Crippen LogP contribution in [0.25, 0.3) is 0 Å². The molecule has 0 radical (unpaired) electrons. The normalized spacial score (nSPS) is 14.3. The van der Waals surface area contributed by atoms with Crippen molar-refractivity contribution in [1.29, 1.82) is 0 Å². The number of carbonyl (C=O) groups excluding carboxylic acids is 1. The molecule has 0 aliphatic rings. The van der Waals surface area contributed by atoms with Gasteiger partial charge < -0.3 is 14.6 Å². The van der Waals surface area contributed by atoms with Crippen LogP contribution in [0.3, 0.4) is 0 Å². The Labute approximate surface area is 155 Å². The molecule has 0 saturated carbocycles. The van der Waals surface area contributed by atoms with Gasteiger partial charge in [-0.15, -0.1) is 0 Å². The molecule has 0 heterocycles. The number of benzene rings is 2. The molecule has 0 aliphatic carbocycles. The zero-order valence-electron chi connectivity index (χ0n) is 15.8. The Bertz CT molecular complexity index is 677. The maximum atomic E-state index is 12.2. The summed E-state index contributed by atoms with van der Waals surface area (Å²) in [6, 6.07) is 17.2. The molecular weight excluding hydrogens is 328 g/mol. The van der Waals surface area contributed by atoms with Crippen LogP contribution in [0.15, 0.2) is 54.6 Å². The fourth-order valence-electron chi connectivity index (χ4n) is 3.01. The number of carbonyl (C=O) groups is 1.